The number of rotatable bonds is 5. The molecule has 28 heavy (non-hydrogen) atoms. The quantitative estimate of drug-likeness (QED) is 0.504. The van der Waals surface area contributed by atoms with E-state index in [1.54, 1.807) is 49.6 Å². The summed E-state index contributed by atoms with van der Waals surface area (Å²) in [6, 6.07) is 12.1. The summed E-state index contributed by atoms with van der Waals surface area (Å²) in [5, 5.41) is 3.91. The smallest absolute Gasteiger partial charge is 0.293 e. The molecule has 0 unspecified atom stereocenters. The highest BCUT2D eigenvalue weighted by Crippen LogP contribution is 2.26. The zero-order valence-corrected chi connectivity index (χ0v) is 16.1. The van der Waals surface area contributed by atoms with Crippen LogP contribution in [0.15, 0.2) is 68.7 Å². The Bertz CT molecular complexity index is 1230. The summed E-state index contributed by atoms with van der Waals surface area (Å²) in [6.45, 7) is 3.71. The molecule has 0 radical (unpaired) electrons. The van der Waals surface area contributed by atoms with Crippen molar-refractivity contribution in [2.75, 3.05) is 0 Å². The fourth-order valence-electron chi connectivity index (χ4n) is 2.92. The molecule has 0 aliphatic heterocycles. The molecular weight excluding hydrogens is 378 g/mol. The molecule has 4 aromatic rings. The summed E-state index contributed by atoms with van der Waals surface area (Å²) in [7, 11) is -3.54. The Kier molecular flexibility index (Phi) is 4.56. The van der Waals surface area contributed by atoms with Gasteiger partial charge in [-0.05, 0) is 49.7 Å². The third-order valence-electron chi connectivity index (χ3n) is 4.22. The van der Waals surface area contributed by atoms with E-state index in [1.807, 2.05) is 19.1 Å². The van der Waals surface area contributed by atoms with Crippen LogP contribution in [0.5, 0.6) is 0 Å². The summed E-state index contributed by atoms with van der Waals surface area (Å²) in [6.07, 6.45) is 3.28. The summed E-state index contributed by atoms with van der Waals surface area (Å²) in [5.41, 5.74) is 2.43. The zero-order chi connectivity index (χ0) is 19.7. The summed E-state index contributed by atoms with van der Waals surface area (Å²) < 4.78 is 36.4. The first-order valence-corrected chi connectivity index (χ1v) is 10.2. The van der Waals surface area contributed by atoms with Crippen molar-refractivity contribution in [1.82, 2.24) is 15.1 Å². The molecule has 3 heterocycles. The van der Waals surface area contributed by atoms with E-state index in [0.717, 1.165) is 5.56 Å². The molecule has 0 amide bonds. The van der Waals surface area contributed by atoms with E-state index in [-0.39, 0.29) is 11.6 Å². The van der Waals surface area contributed by atoms with Gasteiger partial charge in [-0.25, -0.2) is 8.42 Å². The van der Waals surface area contributed by atoms with Gasteiger partial charge in [-0.2, -0.15) is 4.98 Å². The fourth-order valence-corrected chi connectivity index (χ4v) is 4.43. The highest BCUT2D eigenvalue weighted by molar-refractivity contribution is 7.90. The van der Waals surface area contributed by atoms with E-state index in [1.165, 1.54) is 0 Å². The number of hydrogen-bond acceptors (Lipinski definition) is 7. The standard InChI is InChI=1S/C20H17N3O4S/c1-13-5-8-18(14(2)10-13)28(24,25)12-16-6-7-17(26-16)20-22-19(23-27-20)15-4-3-9-21-11-15/h3-11H,12H2,1-2H3. The maximum absolute atomic E-state index is 12.8. The van der Waals surface area contributed by atoms with E-state index in [0.29, 0.717) is 33.4 Å². The Morgan fingerprint density at radius 1 is 1.07 bits per heavy atom. The average Bonchev–Trinajstić information content (AvgIpc) is 3.31. The Morgan fingerprint density at radius 3 is 2.68 bits per heavy atom. The molecule has 0 bridgehead atoms. The van der Waals surface area contributed by atoms with Crippen molar-refractivity contribution in [2.24, 2.45) is 0 Å². The van der Waals surface area contributed by atoms with Crippen molar-refractivity contribution in [1.29, 1.82) is 0 Å². The van der Waals surface area contributed by atoms with Crippen LogP contribution in [0.25, 0.3) is 23.0 Å². The Morgan fingerprint density at radius 2 is 1.93 bits per heavy atom. The molecule has 0 spiro atoms. The molecule has 0 saturated heterocycles. The number of furan rings is 1. The van der Waals surface area contributed by atoms with Gasteiger partial charge in [0.15, 0.2) is 15.6 Å². The lowest BCUT2D eigenvalue weighted by Crippen LogP contribution is -2.06. The second-order valence-corrected chi connectivity index (χ2v) is 8.42. The van der Waals surface area contributed by atoms with Crippen molar-refractivity contribution >= 4 is 9.84 Å². The SMILES string of the molecule is Cc1ccc(S(=O)(=O)Cc2ccc(-c3nc(-c4cccnc4)no3)o2)c(C)c1. The lowest BCUT2D eigenvalue weighted by Gasteiger charge is -2.07. The van der Waals surface area contributed by atoms with Crippen LogP contribution in [0.2, 0.25) is 0 Å². The summed E-state index contributed by atoms with van der Waals surface area (Å²) in [5.74, 6) is 0.920. The molecule has 7 nitrogen and oxygen atoms in total. The van der Waals surface area contributed by atoms with Gasteiger partial charge in [0.1, 0.15) is 11.5 Å². The third-order valence-corrected chi connectivity index (χ3v) is 6.01. The van der Waals surface area contributed by atoms with Crippen LogP contribution in [0.1, 0.15) is 16.9 Å². The first-order chi connectivity index (χ1) is 13.4. The van der Waals surface area contributed by atoms with E-state index >= 15 is 0 Å². The second-order valence-electron chi connectivity index (χ2n) is 6.46. The zero-order valence-electron chi connectivity index (χ0n) is 15.3. The van der Waals surface area contributed by atoms with Gasteiger partial charge in [-0.3, -0.25) is 4.98 Å². The number of benzene rings is 1. The molecular formula is C20H17N3O4S. The molecule has 0 aliphatic carbocycles. The minimum absolute atomic E-state index is 0.175. The van der Waals surface area contributed by atoms with Crippen LogP contribution in [0.3, 0.4) is 0 Å². The van der Waals surface area contributed by atoms with Crippen LogP contribution in [0, 0.1) is 13.8 Å². The number of sulfone groups is 1. The molecule has 3 aromatic heterocycles. The molecule has 0 fully saturated rings. The number of aromatic nitrogens is 3. The van der Waals surface area contributed by atoms with Crippen LogP contribution in [0.4, 0.5) is 0 Å². The van der Waals surface area contributed by atoms with Gasteiger partial charge >= 0.3 is 0 Å². The summed E-state index contributed by atoms with van der Waals surface area (Å²) in [4.78, 5) is 8.60. The van der Waals surface area contributed by atoms with Crippen LogP contribution >= 0.6 is 0 Å². The van der Waals surface area contributed by atoms with Crippen molar-refractivity contribution < 1.29 is 17.4 Å². The lowest BCUT2D eigenvalue weighted by atomic mass is 10.2. The van der Waals surface area contributed by atoms with Gasteiger partial charge < -0.3 is 8.94 Å². The van der Waals surface area contributed by atoms with E-state index in [2.05, 4.69) is 15.1 Å². The molecule has 1 aromatic carbocycles. The van der Waals surface area contributed by atoms with Gasteiger partial charge in [0.25, 0.3) is 5.89 Å². The maximum Gasteiger partial charge on any atom is 0.293 e. The van der Waals surface area contributed by atoms with Crippen LogP contribution < -0.4 is 0 Å². The van der Waals surface area contributed by atoms with E-state index in [9.17, 15) is 8.42 Å². The first kappa shape index (κ1) is 18.1. The predicted octanol–water partition coefficient (Wildman–Crippen LogP) is 3.98. The van der Waals surface area contributed by atoms with Crippen LogP contribution in [-0.4, -0.2) is 23.5 Å². The van der Waals surface area contributed by atoms with Crippen molar-refractivity contribution in [3.63, 3.8) is 0 Å². The second kappa shape index (κ2) is 7.05. The Hall–Kier alpha value is -3.26. The monoisotopic (exact) mass is 395 g/mol. The van der Waals surface area contributed by atoms with E-state index in [4.69, 9.17) is 8.94 Å². The Labute approximate surface area is 162 Å². The van der Waals surface area contributed by atoms with E-state index < -0.39 is 9.84 Å². The lowest BCUT2D eigenvalue weighted by molar-refractivity contribution is 0.413. The fraction of sp³-hybridized carbons (Fsp3) is 0.150. The number of pyridine rings is 1. The van der Waals surface area contributed by atoms with Crippen molar-refractivity contribution in [2.45, 2.75) is 24.5 Å². The number of nitrogens with zero attached hydrogens (tertiary/aromatic N) is 3. The summed E-state index contributed by atoms with van der Waals surface area (Å²) >= 11 is 0. The van der Waals surface area contributed by atoms with Gasteiger partial charge in [-0.1, -0.05) is 22.9 Å². The maximum atomic E-state index is 12.8. The average molecular weight is 395 g/mol. The van der Waals surface area contributed by atoms with Crippen LogP contribution in [-0.2, 0) is 15.6 Å². The predicted molar refractivity (Wildman–Crippen MR) is 102 cm³/mol. The molecule has 0 atom stereocenters. The first-order valence-electron chi connectivity index (χ1n) is 8.55. The molecule has 8 heteroatoms. The van der Waals surface area contributed by atoms with Gasteiger partial charge in [-0.15, -0.1) is 0 Å². The molecule has 0 N–H and O–H groups in total. The topological polar surface area (TPSA) is 99.1 Å². The minimum atomic E-state index is -3.54. The highest BCUT2D eigenvalue weighted by atomic mass is 32.2. The number of hydrogen-bond donors (Lipinski definition) is 0. The van der Waals surface area contributed by atoms with Gasteiger partial charge in [0.2, 0.25) is 5.82 Å². The van der Waals surface area contributed by atoms with Crippen molar-refractivity contribution in [3.05, 3.63) is 71.7 Å². The molecule has 142 valence electrons. The largest absolute Gasteiger partial charge is 0.455 e. The number of aryl methyl sites for hydroxylation is 2. The normalized spacial score (nSPS) is 11.6. The minimum Gasteiger partial charge on any atom is -0.455 e. The molecule has 0 saturated carbocycles. The Balaban J connectivity index is 1.57. The third kappa shape index (κ3) is 3.59. The van der Waals surface area contributed by atoms with Gasteiger partial charge in [0.05, 0.1) is 4.90 Å². The highest BCUT2D eigenvalue weighted by Gasteiger charge is 2.21. The molecule has 4 rings (SSSR count). The van der Waals surface area contributed by atoms with Gasteiger partial charge in [0, 0.05) is 18.0 Å². The van der Waals surface area contributed by atoms with Crippen molar-refractivity contribution in [3.8, 4) is 23.0 Å². The molecule has 0 aliphatic rings.